The van der Waals surface area contributed by atoms with E-state index in [0.29, 0.717) is 39.2 Å². The third-order valence-corrected chi connectivity index (χ3v) is 8.16. The van der Waals surface area contributed by atoms with Crippen LogP contribution in [0.25, 0.3) is 0 Å². The molecule has 4 N–H and O–H groups in total. The molecule has 2 aliphatic rings. The van der Waals surface area contributed by atoms with Gasteiger partial charge in [-0.2, -0.15) is 0 Å². The Morgan fingerprint density at radius 1 is 0.974 bits per heavy atom. The second kappa shape index (κ2) is 9.98. The van der Waals surface area contributed by atoms with Crippen LogP contribution >= 0.6 is 12.2 Å². The van der Waals surface area contributed by atoms with Gasteiger partial charge in [-0.05, 0) is 35.5 Å². The summed E-state index contributed by atoms with van der Waals surface area (Å²) in [6.07, 6.45) is -1.26. The molecule has 5 atom stereocenters. The topological polar surface area (TPSA) is 101 Å². The number of thiocarbonyl (C=S) groups is 1. The molecule has 0 saturated heterocycles. The van der Waals surface area contributed by atoms with Crippen LogP contribution in [0.1, 0.15) is 22.6 Å². The minimum Gasteiger partial charge on any atom is -0.497 e. The Hall–Kier alpha value is -3.53. The molecule has 0 aromatic heterocycles. The Labute approximate surface area is 227 Å². The molecule has 9 heteroatoms. The average molecular weight is 537 g/mol. The number of aliphatic hydroxyl groups excluding tert-OH is 1. The van der Waals surface area contributed by atoms with Crippen molar-refractivity contribution >= 4 is 17.3 Å². The summed E-state index contributed by atoms with van der Waals surface area (Å²) in [5.74, 6) is 0.926. The molecule has 1 fully saturated rings. The molecule has 3 aromatic rings. The van der Waals surface area contributed by atoms with Gasteiger partial charge in [0, 0.05) is 37.6 Å². The number of hydrogen-bond donors (Lipinski definition) is 4. The van der Waals surface area contributed by atoms with E-state index in [4.69, 9.17) is 31.2 Å². The maximum Gasteiger partial charge on any atom is 0.177 e. The Morgan fingerprint density at radius 2 is 1.66 bits per heavy atom. The highest BCUT2D eigenvalue weighted by atomic mass is 32.1. The largest absolute Gasteiger partial charge is 0.497 e. The van der Waals surface area contributed by atoms with E-state index in [0.717, 1.165) is 5.56 Å². The van der Waals surface area contributed by atoms with E-state index in [1.807, 2.05) is 54.6 Å². The molecule has 1 heterocycles. The summed E-state index contributed by atoms with van der Waals surface area (Å²) in [4.78, 5) is 0. The number of hydrogen-bond acceptors (Lipinski definition) is 7. The van der Waals surface area contributed by atoms with Crippen LogP contribution in [0.3, 0.4) is 0 Å². The minimum atomic E-state index is -1.89. The zero-order valence-corrected chi connectivity index (χ0v) is 22.5. The highest BCUT2D eigenvalue weighted by Crippen LogP contribution is 2.70. The Kier molecular flexibility index (Phi) is 6.85. The van der Waals surface area contributed by atoms with Crippen LogP contribution < -0.4 is 29.6 Å². The van der Waals surface area contributed by atoms with Gasteiger partial charge in [-0.25, -0.2) is 0 Å². The smallest absolute Gasteiger partial charge is 0.177 e. The number of rotatable bonds is 7. The van der Waals surface area contributed by atoms with Crippen LogP contribution in [0.15, 0.2) is 66.7 Å². The van der Waals surface area contributed by atoms with Gasteiger partial charge in [0.2, 0.25) is 0 Å². The van der Waals surface area contributed by atoms with Gasteiger partial charge >= 0.3 is 0 Å². The van der Waals surface area contributed by atoms with Gasteiger partial charge in [-0.1, -0.05) is 42.5 Å². The zero-order chi connectivity index (χ0) is 27.1. The zero-order valence-electron chi connectivity index (χ0n) is 21.7. The molecule has 0 spiro atoms. The maximum atomic E-state index is 12.9. The first-order valence-electron chi connectivity index (χ1n) is 12.4. The van der Waals surface area contributed by atoms with Gasteiger partial charge < -0.3 is 39.8 Å². The average Bonchev–Trinajstić information content (AvgIpc) is 3.33. The first kappa shape index (κ1) is 26.1. The molecule has 3 aromatic carbocycles. The SMILES string of the molecule is CNC(=S)NC[C@H]1[C@@H](O)[C@@]2(O)c3c(OC)cc(OC)cc3O[C@@]2(c2ccc(OC)cc2)[C@@H]1c1ccccc1. The third kappa shape index (κ3) is 3.68. The van der Waals surface area contributed by atoms with E-state index in [-0.39, 0.29) is 6.54 Å². The van der Waals surface area contributed by atoms with Crippen LogP contribution in [0.2, 0.25) is 0 Å². The lowest BCUT2D eigenvalue weighted by atomic mass is 9.70. The number of methoxy groups -OCH3 is 3. The van der Waals surface area contributed by atoms with Crippen molar-refractivity contribution in [3.05, 3.63) is 83.4 Å². The molecule has 0 radical (unpaired) electrons. The molecule has 5 rings (SSSR count). The second-order valence-corrected chi connectivity index (χ2v) is 9.90. The van der Waals surface area contributed by atoms with E-state index in [2.05, 4.69) is 10.6 Å². The van der Waals surface area contributed by atoms with Crippen molar-refractivity contribution in [3.63, 3.8) is 0 Å². The van der Waals surface area contributed by atoms with Gasteiger partial charge in [0.1, 0.15) is 23.0 Å². The van der Waals surface area contributed by atoms with Crippen LogP contribution in [0, 0.1) is 5.92 Å². The fraction of sp³-hybridized carbons (Fsp3) is 0.345. The lowest BCUT2D eigenvalue weighted by Gasteiger charge is -2.41. The highest BCUT2D eigenvalue weighted by molar-refractivity contribution is 7.80. The van der Waals surface area contributed by atoms with Crippen molar-refractivity contribution < 1.29 is 29.2 Å². The quantitative estimate of drug-likeness (QED) is 0.340. The predicted octanol–water partition coefficient (Wildman–Crippen LogP) is 3.06. The number of aliphatic hydroxyl groups is 2. The van der Waals surface area contributed by atoms with E-state index < -0.39 is 29.1 Å². The third-order valence-electron chi connectivity index (χ3n) is 7.82. The van der Waals surface area contributed by atoms with Crippen molar-refractivity contribution in [3.8, 4) is 23.0 Å². The van der Waals surface area contributed by atoms with Gasteiger partial charge in [0.25, 0.3) is 0 Å². The summed E-state index contributed by atoms with van der Waals surface area (Å²) < 4.78 is 23.5. The van der Waals surface area contributed by atoms with Crippen molar-refractivity contribution in [2.24, 2.45) is 5.92 Å². The van der Waals surface area contributed by atoms with Gasteiger partial charge in [-0.15, -0.1) is 0 Å². The maximum absolute atomic E-state index is 12.9. The second-order valence-electron chi connectivity index (χ2n) is 9.49. The van der Waals surface area contributed by atoms with Crippen molar-refractivity contribution in [1.82, 2.24) is 10.6 Å². The van der Waals surface area contributed by atoms with E-state index in [1.165, 1.54) is 7.11 Å². The number of nitrogens with one attached hydrogen (secondary N) is 2. The Bertz CT molecular complexity index is 1320. The lowest BCUT2D eigenvalue weighted by Crippen LogP contribution is -2.52. The molecule has 1 aliphatic carbocycles. The van der Waals surface area contributed by atoms with Crippen molar-refractivity contribution in [2.45, 2.75) is 23.2 Å². The van der Waals surface area contributed by atoms with Gasteiger partial charge in [0.05, 0.1) is 33.0 Å². The standard InChI is InChI=1S/C29H32N2O6S/c1-30-27(38)31-16-21-24(17-8-6-5-7-9-17)29(18-10-12-19(34-2)13-11-18)28(33,26(21)32)25-22(36-4)14-20(35-3)15-23(25)37-29/h5-15,21,24,26,32-33H,16H2,1-4H3,(H2,30,31,38)/t21-,24-,26-,28+,29+/m1/s1. The Balaban J connectivity index is 1.81. The summed E-state index contributed by atoms with van der Waals surface area (Å²) in [6, 6.07) is 20.6. The van der Waals surface area contributed by atoms with Crippen LogP contribution in [0.5, 0.6) is 23.0 Å². The number of fused-ring (bicyclic) bond motifs is 3. The highest BCUT2D eigenvalue weighted by Gasteiger charge is 2.76. The summed E-state index contributed by atoms with van der Waals surface area (Å²) in [7, 11) is 6.40. The van der Waals surface area contributed by atoms with Crippen molar-refractivity contribution in [2.75, 3.05) is 34.9 Å². The normalized spacial score (nSPS) is 27.1. The first-order valence-corrected chi connectivity index (χ1v) is 12.8. The van der Waals surface area contributed by atoms with E-state index >= 15 is 0 Å². The predicted molar refractivity (Wildman–Crippen MR) is 147 cm³/mol. The molecule has 200 valence electrons. The van der Waals surface area contributed by atoms with Crippen LogP contribution in [-0.2, 0) is 11.2 Å². The fourth-order valence-corrected chi connectivity index (χ4v) is 6.25. The molecule has 38 heavy (non-hydrogen) atoms. The van der Waals surface area contributed by atoms with E-state index in [1.54, 1.807) is 33.4 Å². The number of ether oxygens (including phenoxy) is 4. The van der Waals surface area contributed by atoms with E-state index in [9.17, 15) is 10.2 Å². The summed E-state index contributed by atoms with van der Waals surface area (Å²) in [6.45, 7) is 0.289. The van der Waals surface area contributed by atoms with Gasteiger partial charge in [-0.3, -0.25) is 0 Å². The molecule has 8 nitrogen and oxygen atoms in total. The summed E-state index contributed by atoms with van der Waals surface area (Å²) in [5.41, 5.74) is -1.34. The minimum absolute atomic E-state index is 0.289. The summed E-state index contributed by atoms with van der Waals surface area (Å²) >= 11 is 5.35. The molecule has 0 bridgehead atoms. The van der Waals surface area contributed by atoms with Crippen LogP contribution in [0.4, 0.5) is 0 Å². The molecule has 1 aliphatic heterocycles. The first-order chi connectivity index (χ1) is 18.3. The lowest BCUT2D eigenvalue weighted by molar-refractivity contribution is -0.152. The van der Waals surface area contributed by atoms with Crippen molar-refractivity contribution in [1.29, 1.82) is 0 Å². The molecule has 0 unspecified atom stereocenters. The molecular weight excluding hydrogens is 504 g/mol. The Morgan fingerprint density at radius 3 is 2.26 bits per heavy atom. The number of benzene rings is 3. The molecular formula is C29H32N2O6S. The summed E-state index contributed by atoms with van der Waals surface area (Å²) in [5, 5.41) is 31.5. The van der Waals surface area contributed by atoms with Crippen LogP contribution in [-0.4, -0.2) is 56.4 Å². The molecule has 1 saturated carbocycles. The van der Waals surface area contributed by atoms with Gasteiger partial charge in [0.15, 0.2) is 16.3 Å². The molecule has 0 amide bonds. The monoisotopic (exact) mass is 536 g/mol. The fourth-order valence-electron chi connectivity index (χ4n) is 6.17.